The van der Waals surface area contributed by atoms with Gasteiger partial charge in [0.25, 0.3) is 0 Å². The fourth-order valence-electron chi connectivity index (χ4n) is 2.77. The van der Waals surface area contributed by atoms with E-state index in [1.807, 2.05) is 0 Å². The molecular weight excluding hydrogens is 357 g/mol. The van der Waals surface area contributed by atoms with E-state index >= 15 is 0 Å². The van der Waals surface area contributed by atoms with Gasteiger partial charge >= 0.3 is 5.97 Å². The van der Waals surface area contributed by atoms with E-state index < -0.39 is 17.7 Å². The molecule has 2 rings (SSSR count). The van der Waals surface area contributed by atoms with E-state index in [9.17, 15) is 14.0 Å². The van der Waals surface area contributed by atoms with Crippen molar-refractivity contribution < 1.29 is 18.7 Å². The fourth-order valence-corrected chi connectivity index (χ4v) is 2.93. The summed E-state index contributed by atoms with van der Waals surface area (Å²) in [7, 11) is 0. The van der Waals surface area contributed by atoms with Crippen LogP contribution in [0.3, 0.4) is 0 Å². The second-order valence-electron chi connectivity index (χ2n) is 5.77. The normalized spacial score (nSPS) is 17.6. The minimum absolute atomic E-state index is 0.00506. The van der Waals surface area contributed by atoms with E-state index in [4.69, 9.17) is 16.3 Å². The molecule has 0 aliphatic carbocycles. The Morgan fingerprint density at radius 2 is 2.19 bits per heavy atom. The first-order valence-corrected chi connectivity index (χ1v) is 8.31. The number of carbonyl (C=O) groups is 2. The SMILES string of the molecule is C=C/C=C(\C=C)COC(=O)C1=C(C)NC(=O)CC1c1ccc(Cl)cc1F. The van der Waals surface area contributed by atoms with Gasteiger partial charge in [0.1, 0.15) is 12.4 Å². The van der Waals surface area contributed by atoms with Crippen LogP contribution in [0.5, 0.6) is 0 Å². The van der Waals surface area contributed by atoms with Gasteiger partial charge in [0, 0.05) is 23.1 Å². The van der Waals surface area contributed by atoms with Gasteiger partial charge in [-0.25, -0.2) is 9.18 Å². The predicted molar refractivity (Wildman–Crippen MR) is 99.0 cm³/mol. The van der Waals surface area contributed by atoms with Gasteiger partial charge in [-0.15, -0.1) is 0 Å². The third-order valence-corrected chi connectivity index (χ3v) is 4.23. The lowest BCUT2D eigenvalue weighted by Gasteiger charge is -2.27. The van der Waals surface area contributed by atoms with Crippen molar-refractivity contribution in [3.63, 3.8) is 0 Å². The van der Waals surface area contributed by atoms with Crippen molar-refractivity contribution in [3.8, 4) is 0 Å². The van der Waals surface area contributed by atoms with E-state index in [1.54, 1.807) is 25.2 Å². The van der Waals surface area contributed by atoms with Crippen LogP contribution in [0.1, 0.15) is 24.8 Å². The highest BCUT2D eigenvalue weighted by atomic mass is 35.5. The van der Waals surface area contributed by atoms with Crippen LogP contribution in [0.2, 0.25) is 5.02 Å². The Hall–Kier alpha value is -2.66. The lowest BCUT2D eigenvalue weighted by Crippen LogP contribution is -2.34. The molecule has 1 aliphatic rings. The Morgan fingerprint density at radius 3 is 2.81 bits per heavy atom. The first kappa shape index (κ1) is 19.7. The van der Waals surface area contributed by atoms with Crippen molar-refractivity contribution in [2.24, 2.45) is 0 Å². The molecule has 1 unspecified atom stereocenters. The summed E-state index contributed by atoms with van der Waals surface area (Å²) in [5.41, 5.74) is 1.45. The highest BCUT2D eigenvalue weighted by Crippen LogP contribution is 2.35. The Morgan fingerprint density at radius 1 is 1.46 bits per heavy atom. The van der Waals surface area contributed by atoms with Gasteiger partial charge in [0.05, 0.1) is 5.57 Å². The molecule has 0 saturated heterocycles. The molecule has 0 aromatic heterocycles. The van der Waals surface area contributed by atoms with Gasteiger partial charge in [0.2, 0.25) is 5.91 Å². The topological polar surface area (TPSA) is 55.4 Å². The Labute approximate surface area is 156 Å². The summed E-state index contributed by atoms with van der Waals surface area (Å²) < 4.78 is 19.7. The van der Waals surface area contributed by atoms with Gasteiger partial charge < -0.3 is 10.1 Å². The minimum Gasteiger partial charge on any atom is -0.457 e. The number of halogens is 2. The van der Waals surface area contributed by atoms with Crippen molar-refractivity contribution in [3.05, 3.63) is 82.8 Å². The smallest absolute Gasteiger partial charge is 0.336 e. The van der Waals surface area contributed by atoms with Crippen LogP contribution in [-0.4, -0.2) is 18.5 Å². The predicted octanol–water partition coefficient (Wildman–Crippen LogP) is 4.20. The maximum Gasteiger partial charge on any atom is 0.336 e. The largest absolute Gasteiger partial charge is 0.457 e. The summed E-state index contributed by atoms with van der Waals surface area (Å²) in [5, 5.41) is 2.85. The van der Waals surface area contributed by atoms with Crippen molar-refractivity contribution in [1.82, 2.24) is 5.32 Å². The molecule has 0 bridgehead atoms. The molecule has 26 heavy (non-hydrogen) atoms. The molecular formula is C20H19ClFNO3. The van der Waals surface area contributed by atoms with Crippen LogP contribution < -0.4 is 5.32 Å². The molecule has 1 N–H and O–H groups in total. The highest BCUT2D eigenvalue weighted by molar-refractivity contribution is 6.30. The summed E-state index contributed by atoms with van der Waals surface area (Å²) in [6.07, 6.45) is 4.72. The van der Waals surface area contributed by atoms with Crippen molar-refractivity contribution >= 4 is 23.5 Å². The highest BCUT2D eigenvalue weighted by Gasteiger charge is 2.34. The minimum atomic E-state index is -0.746. The molecule has 1 aromatic carbocycles. The standard InChI is InChI=1S/C20H19ClFNO3/c1-4-6-13(5-2)11-26-20(25)19-12(3)23-18(24)10-16(19)15-8-7-14(21)9-17(15)22/h4-9,16H,1-2,10-11H2,3H3,(H,23,24)/b13-6+. The molecule has 1 atom stereocenters. The molecule has 136 valence electrons. The maximum absolute atomic E-state index is 14.4. The van der Waals surface area contributed by atoms with Crippen molar-refractivity contribution in [2.45, 2.75) is 19.3 Å². The lowest BCUT2D eigenvalue weighted by atomic mass is 9.84. The van der Waals surface area contributed by atoms with Gasteiger partial charge in [-0.05, 0) is 30.2 Å². The number of hydrogen-bond donors (Lipinski definition) is 1. The number of benzene rings is 1. The van der Waals surface area contributed by atoms with Crippen LogP contribution in [0.4, 0.5) is 4.39 Å². The molecule has 0 spiro atoms. The molecule has 1 aromatic rings. The lowest BCUT2D eigenvalue weighted by molar-refractivity contribution is -0.138. The first-order chi connectivity index (χ1) is 12.4. The Bertz CT molecular complexity index is 826. The molecule has 1 heterocycles. The summed E-state index contributed by atoms with van der Waals surface area (Å²) in [6, 6.07) is 4.16. The zero-order valence-electron chi connectivity index (χ0n) is 14.4. The summed E-state index contributed by atoms with van der Waals surface area (Å²) in [4.78, 5) is 24.6. The zero-order valence-corrected chi connectivity index (χ0v) is 15.1. The van der Waals surface area contributed by atoms with E-state index in [0.29, 0.717) is 11.3 Å². The van der Waals surface area contributed by atoms with Crippen LogP contribution in [0, 0.1) is 5.82 Å². The van der Waals surface area contributed by atoms with Crippen LogP contribution in [0.15, 0.2) is 66.4 Å². The van der Waals surface area contributed by atoms with E-state index in [1.165, 1.54) is 12.1 Å². The summed E-state index contributed by atoms with van der Waals surface area (Å²) in [5.74, 6) is -2.24. The quantitative estimate of drug-likeness (QED) is 0.599. The maximum atomic E-state index is 14.4. The number of carbonyl (C=O) groups excluding carboxylic acids is 2. The number of amides is 1. The van der Waals surface area contributed by atoms with Crippen LogP contribution in [-0.2, 0) is 14.3 Å². The third kappa shape index (κ3) is 4.49. The zero-order chi connectivity index (χ0) is 19.3. The molecule has 1 aliphatic heterocycles. The van der Waals surface area contributed by atoms with Crippen LogP contribution in [0.25, 0.3) is 0 Å². The van der Waals surface area contributed by atoms with E-state index in [0.717, 1.165) is 6.07 Å². The number of rotatable bonds is 6. The van der Waals surface area contributed by atoms with E-state index in [2.05, 4.69) is 18.5 Å². The van der Waals surface area contributed by atoms with Crippen molar-refractivity contribution in [2.75, 3.05) is 6.61 Å². The molecule has 0 fully saturated rings. The second-order valence-corrected chi connectivity index (χ2v) is 6.20. The van der Waals surface area contributed by atoms with E-state index in [-0.39, 0.29) is 35.1 Å². The monoisotopic (exact) mass is 375 g/mol. The van der Waals surface area contributed by atoms with Crippen molar-refractivity contribution in [1.29, 1.82) is 0 Å². The van der Waals surface area contributed by atoms with Gasteiger partial charge in [-0.1, -0.05) is 49.1 Å². The first-order valence-electron chi connectivity index (χ1n) is 7.94. The molecule has 4 nitrogen and oxygen atoms in total. The molecule has 1 amide bonds. The van der Waals surface area contributed by atoms with Gasteiger partial charge in [-0.3, -0.25) is 4.79 Å². The number of nitrogens with one attached hydrogen (secondary N) is 1. The Balaban J connectivity index is 2.35. The van der Waals surface area contributed by atoms with Gasteiger partial charge in [-0.2, -0.15) is 0 Å². The van der Waals surface area contributed by atoms with Gasteiger partial charge in [0.15, 0.2) is 0 Å². The number of ether oxygens (including phenoxy) is 1. The number of esters is 1. The molecule has 0 saturated carbocycles. The summed E-state index contributed by atoms with van der Waals surface area (Å²) in [6.45, 7) is 8.80. The third-order valence-electron chi connectivity index (χ3n) is 3.99. The van der Waals surface area contributed by atoms with Crippen LogP contribution >= 0.6 is 11.6 Å². The average Bonchev–Trinajstić information content (AvgIpc) is 2.57. The number of hydrogen-bond acceptors (Lipinski definition) is 3. The average molecular weight is 376 g/mol. The molecule has 6 heteroatoms. The summed E-state index contributed by atoms with van der Waals surface area (Å²) >= 11 is 5.80. The Kier molecular flexibility index (Phi) is 6.52. The number of allylic oxidation sites excluding steroid dienone is 3. The fraction of sp³-hybridized carbons (Fsp3) is 0.200. The molecule has 0 radical (unpaired) electrons. The second kappa shape index (κ2) is 8.63.